The predicted octanol–water partition coefficient (Wildman–Crippen LogP) is 1.49. The van der Waals surface area contributed by atoms with Gasteiger partial charge in [0.15, 0.2) is 0 Å². The number of imide groups is 1. The van der Waals surface area contributed by atoms with Crippen molar-refractivity contribution >= 4 is 11.9 Å². The molecule has 5 heteroatoms. The molecule has 3 amide bonds. The molecule has 0 aromatic carbocycles. The van der Waals surface area contributed by atoms with Crippen molar-refractivity contribution < 1.29 is 9.59 Å². The van der Waals surface area contributed by atoms with Crippen molar-refractivity contribution in [3.05, 3.63) is 0 Å². The summed E-state index contributed by atoms with van der Waals surface area (Å²) in [5.41, 5.74) is 0. The summed E-state index contributed by atoms with van der Waals surface area (Å²) in [5.74, 6) is 1.48. The van der Waals surface area contributed by atoms with Crippen molar-refractivity contribution in [3.63, 3.8) is 0 Å². The highest BCUT2D eigenvalue weighted by molar-refractivity contribution is 5.95. The number of urea groups is 1. The van der Waals surface area contributed by atoms with E-state index in [1.54, 1.807) is 0 Å². The minimum Gasteiger partial charge on any atom is -0.335 e. The number of rotatable bonds is 3. The number of hydrogen-bond donors (Lipinski definition) is 2. The van der Waals surface area contributed by atoms with E-state index in [0.29, 0.717) is 12.6 Å². The molecule has 5 nitrogen and oxygen atoms in total. The number of piperidine rings is 1. The van der Waals surface area contributed by atoms with E-state index in [1.165, 1.54) is 32.1 Å². The molecule has 1 heterocycles. The van der Waals surface area contributed by atoms with Gasteiger partial charge in [0.1, 0.15) is 0 Å². The molecule has 2 aliphatic carbocycles. The molecule has 2 saturated carbocycles. The smallest absolute Gasteiger partial charge is 0.321 e. The van der Waals surface area contributed by atoms with Crippen LogP contribution in [0.2, 0.25) is 0 Å². The Morgan fingerprint density at radius 3 is 2.50 bits per heavy atom. The molecular formula is C15H25N3O2. The average molecular weight is 279 g/mol. The maximum absolute atomic E-state index is 11.9. The zero-order valence-electron chi connectivity index (χ0n) is 12.1. The number of fused-ring (bicyclic) bond motifs is 1. The van der Waals surface area contributed by atoms with Gasteiger partial charge in [-0.3, -0.25) is 15.0 Å². The summed E-state index contributed by atoms with van der Waals surface area (Å²) in [4.78, 5) is 25.6. The first kappa shape index (κ1) is 13.9. The van der Waals surface area contributed by atoms with E-state index in [9.17, 15) is 9.59 Å². The fourth-order valence-electron chi connectivity index (χ4n) is 3.64. The molecule has 3 fully saturated rings. The van der Waals surface area contributed by atoms with Gasteiger partial charge in [0, 0.05) is 12.6 Å². The fraction of sp³-hybridized carbons (Fsp3) is 0.867. The monoisotopic (exact) mass is 279 g/mol. The number of likely N-dealkylation sites (tertiary alicyclic amines) is 1. The summed E-state index contributed by atoms with van der Waals surface area (Å²) in [6, 6.07) is -0.0363. The molecular weight excluding hydrogens is 254 g/mol. The summed E-state index contributed by atoms with van der Waals surface area (Å²) < 4.78 is 0. The Morgan fingerprint density at radius 1 is 1.00 bits per heavy atom. The van der Waals surface area contributed by atoms with E-state index in [2.05, 4.69) is 15.5 Å². The number of carbonyl (C=O) groups excluding carboxylic acids is 2. The Balaban J connectivity index is 1.40. The zero-order chi connectivity index (χ0) is 13.9. The van der Waals surface area contributed by atoms with Crippen molar-refractivity contribution in [2.45, 2.75) is 51.0 Å². The van der Waals surface area contributed by atoms with Crippen LogP contribution in [-0.2, 0) is 4.79 Å². The lowest BCUT2D eigenvalue weighted by Gasteiger charge is -2.41. The molecule has 2 atom stereocenters. The lowest BCUT2D eigenvalue weighted by atomic mass is 9.75. The average Bonchev–Trinajstić information content (AvgIpc) is 3.22. The van der Waals surface area contributed by atoms with E-state index in [0.717, 1.165) is 37.8 Å². The molecule has 3 aliphatic rings. The van der Waals surface area contributed by atoms with E-state index in [-0.39, 0.29) is 11.9 Å². The van der Waals surface area contributed by atoms with Crippen molar-refractivity contribution in [1.29, 1.82) is 0 Å². The van der Waals surface area contributed by atoms with Crippen LogP contribution in [0.15, 0.2) is 0 Å². The van der Waals surface area contributed by atoms with Gasteiger partial charge in [0.25, 0.3) is 0 Å². The van der Waals surface area contributed by atoms with Gasteiger partial charge < -0.3 is 5.32 Å². The Hall–Kier alpha value is -1.10. The topological polar surface area (TPSA) is 61.4 Å². The van der Waals surface area contributed by atoms with Crippen molar-refractivity contribution in [2.75, 3.05) is 19.6 Å². The van der Waals surface area contributed by atoms with Gasteiger partial charge in [-0.25, -0.2) is 4.79 Å². The van der Waals surface area contributed by atoms with Gasteiger partial charge in [0.2, 0.25) is 5.91 Å². The Bertz CT molecular complexity index is 381. The maximum Gasteiger partial charge on any atom is 0.321 e. The van der Waals surface area contributed by atoms with E-state index in [4.69, 9.17) is 0 Å². The van der Waals surface area contributed by atoms with Gasteiger partial charge in [-0.2, -0.15) is 0 Å². The first-order valence-electron chi connectivity index (χ1n) is 8.03. The minimum atomic E-state index is -0.329. The summed E-state index contributed by atoms with van der Waals surface area (Å²) in [6.45, 7) is 2.39. The highest BCUT2D eigenvalue weighted by atomic mass is 16.2. The van der Waals surface area contributed by atoms with Crippen molar-refractivity contribution in [2.24, 2.45) is 11.8 Å². The first-order valence-corrected chi connectivity index (χ1v) is 8.03. The van der Waals surface area contributed by atoms with Crippen LogP contribution in [-0.4, -0.2) is 42.5 Å². The van der Waals surface area contributed by atoms with Crippen LogP contribution in [0.3, 0.4) is 0 Å². The fourth-order valence-corrected chi connectivity index (χ4v) is 3.64. The van der Waals surface area contributed by atoms with E-state index >= 15 is 0 Å². The molecule has 0 radical (unpaired) electrons. The van der Waals surface area contributed by atoms with Gasteiger partial charge in [-0.05, 0) is 44.1 Å². The summed E-state index contributed by atoms with van der Waals surface area (Å²) >= 11 is 0. The van der Waals surface area contributed by atoms with Gasteiger partial charge in [-0.15, -0.1) is 0 Å². The quantitative estimate of drug-likeness (QED) is 0.823. The minimum absolute atomic E-state index is 0.169. The van der Waals surface area contributed by atoms with Crippen LogP contribution in [0.4, 0.5) is 4.79 Å². The summed E-state index contributed by atoms with van der Waals surface area (Å²) in [7, 11) is 0. The third kappa shape index (κ3) is 3.72. The Labute approximate surface area is 120 Å². The van der Waals surface area contributed by atoms with Crippen molar-refractivity contribution in [3.8, 4) is 0 Å². The number of hydrogen-bond acceptors (Lipinski definition) is 3. The molecule has 0 unspecified atom stereocenters. The number of nitrogens with zero attached hydrogens (tertiary/aromatic N) is 1. The molecule has 112 valence electrons. The SMILES string of the molecule is O=C(CN1CC[C@H]2CCCC[C@H]2C1)NC(=O)NC1CC1. The lowest BCUT2D eigenvalue weighted by molar-refractivity contribution is -0.121. The van der Waals surface area contributed by atoms with Crippen molar-refractivity contribution in [1.82, 2.24) is 15.5 Å². The largest absolute Gasteiger partial charge is 0.335 e. The predicted molar refractivity (Wildman–Crippen MR) is 76.2 cm³/mol. The first-order chi connectivity index (χ1) is 9.70. The van der Waals surface area contributed by atoms with Crippen LogP contribution in [0, 0.1) is 11.8 Å². The van der Waals surface area contributed by atoms with Crippen LogP contribution in [0.5, 0.6) is 0 Å². The highest BCUT2D eigenvalue weighted by Crippen LogP contribution is 2.35. The molecule has 20 heavy (non-hydrogen) atoms. The standard InChI is InChI=1S/C15H25N3O2/c19-14(17-15(20)16-13-5-6-13)10-18-8-7-11-3-1-2-4-12(11)9-18/h11-13H,1-10H2,(H2,16,17,19,20)/t11-,12+/m1/s1. The Morgan fingerprint density at radius 2 is 1.75 bits per heavy atom. The lowest BCUT2D eigenvalue weighted by Crippen LogP contribution is -2.49. The second-order valence-electron chi connectivity index (χ2n) is 6.62. The molecule has 0 bridgehead atoms. The third-order valence-corrected chi connectivity index (χ3v) is 4.91. The zero-order valence-corrected chi connectivity index (χ0v) is 12.1. The number of amides is 3. The normalized spacial score (nSPS) is 30.4. The molecule has 0 aromatic heterocycles. The highest BCUT2D eigenvalue weighted by Gasteiger charge is 2.32. The summed E-state index contributed by atoms with van der Waals surface area (Å²) in [6.07, 6.45) is 8.69. The van der Waals surface area contributed by atoms with E-state index in [1.807, 2.05) is 0 Å². The molecule has 1 aliphatic heterocycles. The second kappa shape index (κ2) is 6.12. The molecule has 0 spiro atoms. The van der Waals surface area contributed by atoms with Gasteiger partial charge in [0.05, 0.1) is 6.54 Å². The van der Waals surface area contributed by atoms with Crippen LogP contribution >= 0.6 is 0 Å². The molecule has 3 rings (SSSR count). The molecule has 0 aromatic rings. The second-order valence-corrected chi connectivity index (χ2v) is 6.62. The summed E-state index contributed by atoms with van der Waals surface area (Å²) in [5, 5.41) is 5.22. The third-order valence-electron chi connectivity index (χ3n) is 4.91. The van der Waals surface area contributed by atoms with Crippen LogP contribution in [0.1, 0.15) is 44.9 Å². The Kier molecular flexibility index (Phi) is 4.24. The maximum atomic E-state index is 11.9. The molecule has 1 saturated heterocycles. The number of nitrogens with one attached hydrogen (secondary N) is 2. The molecule has 2 N–H and O–H groups in total. The number of carbonyl (C=O) groups is 2. The van der Waals surface area contributed by atoms with E-state index < -0.39 is 0 Å². The van der Waals surface area contributed by atoms with Gasteiger partial charge >= 0.3 is 6.03 Å². The van der Waals surface area contributed by atoms with Crippen LogP contribution < -0.4 is 10.6 Å². The van der Waals surface area contributed by atoms with Gasteiger partial charge in [-0.1, -0.05) is 19.3 Å². The van der Waals surface area contributed by atoms with Crippen LogP contribution in [0.25, 0.3) is 0 Å².